The molecule has 3 rings (SSSR count). The monoisotopic (exact) mass is 451 g/mol. The molecule has 3 aromatic rings. The molecule has 0 saturated carbocycles. The van der Waals surface area contributed by atoms with Crippen molar-refractivity contribution in [2.45, 2.75) is 11.4 Å². The number of halogens is 1. The number of sulfonamides is 1. The molecule has 1 N–H and O–H groups in total. The van der Waals surface area contributed by atoms with Gasteiger partial charge in [0.15, 0.2) is 11.5 Å². The molecule has 2 aromatic carbocycles. The van der Waals surface area contributed by atoms with Gasteiger partial charge in [0.05, 0.1) is 26.1 Å². The van der Waals surface area contributed by atoms with E-state index < -0.39 is 10.0 Å². The summed E-state index contributed by atoms with van der Waals surface area (Å²) in [6.45, 7) is 0.107. The summed E-state index contributed by atoms with van der Waals surface area (Å²) in [5.41, 5.74) is 1.63. The van der Waals surface area contributed by atoms with Crippen LogP contribution in [0.5, 0.6) is 11.5 Å². The van der Waals surface area contributed by atoms with Gasteiger partial charge in [0.25, 0.3) is 0 Å². The summed E-state index contributed by atoms with van der Waals surface area (Å²) in [6.07, 6.45) is 3.40. The van der Waals surface area contributed by atoms with E-state index >= 15 is 0 Å². The first-order chi connectivity index (χ1) is 12.9. The maximum Gasteiger partial charge on any atom is 0.242 e. The lowest BCUT2D eigenvalue weighted by atomic mass is 10.3. The van der Waals surface area contributed by atoms with Crippen LogP contribution in [0.2, 0.25) is 0 Å². The molecule has 0 fully saturated rings. The fourth-order valence-electron chi connectivity index (χ4n) is 2.47. The topological polar surface area (TPSA) is 82.5 Å². The summed E-state index contributed by atoms with van der Waals surface area (Å²) in [7, 11) is -0.832. The Balaban J connectivity index is 1.79. The SMILES string of the molecule is COc1cc(Br)c(S(=O)(=O)NCc2cnn(-c3ccccc3)c2)cc1OC. The molecule has 0 amide bonds. The predicted molar refractivity (Wildman–Crippen MR) is 105 cm³/mol. The summed E-state index contributed by atoms with van der Waals surface area (Å²) >= 11 is 3.28. The van der Waals surface area contributed by atoms with Gasteiger partial charge >= 0.3 is 0 Å². The first-order valence-electron chi connectivity index (χ1n) is 7.95. The Morgan fingerprint density at radius 1 is 1.11 bits per heavy atom. The zero-order valence-corrected chi connectivity index (χ0v) is 17.1. The highest BCUT2D eigenvalue weighted by Gasteiger charge is 2.21. The number of aromatic nitrogens is 2. The number of hydrogen-bond donors (Lipinski definition) is 1. The third-order valence-electron chi connectivity index (χ3n) is 3.85. The van der Waals surface area contributed by atoms with E-state index in [-0.39, 0.29) is 11.4 Å². The molecular formula is C18H18BrN3O4S. The lowest BCUT2D eigenvalue weighted by molar-refractivity contribution is 0.353. The molecule has 142 valence electrons. The van der Waals surface area contributed by atoms with Gasteiger partial charge in [-0.3, -0.25) is 0 Å². The molecule has 7 nitrogen and oxygen atoms in total. The second kappa shape index (κ2) is 8.12. The first kappa shape index (κ1) is 19.4. The highest BCUT2D eigenvalue weighted by Crippen LogP contribution is 2.35. The zero-order valence-electron chi connectivity index (χ0n) is 14.7. The standard InChI is InChI=1S/C18H18BrN3O4S/c1-25-16-8-15(19)18(9-17(16)26-2)27(23,24)21-11-13-10-20-22(12-13)14-6-4-3-5-7-14/h3-10,12,21H,11H2,1-2H3. The van der Waals surface area contributed by atoms with Crippen LogP contribution in [-0.2, 0) is 16.6 Å². The normalized spacial score (nSPS) is 11.4. The van der Waals surface area contributed by atoms with Crippen molar-refractivity contribution in [3.8, 4) is 17.2 Å². The Hall–Kier alpha value is -2.36. The average molecular weight is 452 g/mol. The number of methoxy groups -OCH3 is 2. The Bertz CT molecular complexity index is 1040. The van der Waals surface area contributed by atoms with E-state index in [2.05, 4.69) is 25.8 Å². The van der Waals surface area contributed by atoms with E-state index in [1.807, 2.05) is 30.3 Å². The second-order valence-corrected chi connectivity index (χ2v) is 8.18. The third kappa shape index (κ3) is 4.32. The minimum Gasteiger partial charge on any atom is -0.493 e. The molecule has 0 saturated heterocycles. The van der Waals surface area contributed by atoms with Crippen molar-refractivity contribution in [1.82, 2.24) is 14.5 Å². The fourth-order valence-corrected chi connectivity index (χ4v) is 4.52. The van der Waals surface area contributed by atoms with Crippen LogP contribution in [0.25, 0.3) is 5.69 Å². The van der Waals surface area contributed by atoms with Crippen LogP contribution in [0.4, 0.5) is 0 Å². The van der Waals surface area contributed by atoms with Gasteiger partial charge < -0.3 is 9.47 Å². The van der Waals surface area contributed by atoms with E-state index in [0.29, 0.717) is 16.0 Å². The minimum atomic E-state index is -3.77. The molecule has 0 atom stereocenters. The van der Waals surface area contributed by atoms with E-state index in [1.54, 1.807) is 23.1 Å². The Morgan fingerprint density at radius 2 is 1.78 bits per heavy atom. The van der Waals surface area contributed by atoms with Gasteiger partial charge in [-0.2, -0.15) is 5.10 Å². The molecule has 0 bridgehead atoms. The number of ether oxygens (including phenoxy) is 2. The number of nitrogens with zero attached hydrogens (tertiary/aromatic N) is 2. The van der Waals surface area contributed by atoms with Gasteiger partial charge in [-0.25, -0.2) is 17.8 Å². The maximum absolute atomic E-state index is 12.7. The van der Waals surface area contributed by atoms with Crippen LogP contribution in [0.1, 0.15) is 5.56 Å². The molecular weight excluding hydrogens is 434 g/mol. The van der Waals surface area contributed by atoms with Gasteiger partial charge in [0.1, 0.15) is 4.90 Å². The van der Waals surface area contributed by atoms with Crippen molar-refractivity contribution in [2.75, 3.05) is 14.2 Å². The van der Waals surface area contributed by atoms with Crippen molar-refractivity contribution in [3.05, 3.63) is 64.9 Å². The van der Waals surface area contributed by atoms with E-state index in [4.69, 9.17) is 9.47 Å². The average Bonchev–Trinajstić information content (AvgIpc) is 3.16. The van der Waals surface area contributed by atoms with Crippen LogP contribution < -0.4 is 14.2 Å². The highest BCUT2D eigenvalue weighted by atomic mass is 79.9. The van der Waals surface area contributed by atoms with Crippen molar-refractivity contribution < 1.29 is 17.9 Å². The van der Waals surface area contributed by atoms with Gasteiger partial charge in [0, 0.05) is 28.8 Å². The number of rotatable bonds is 7. The molecule has 0 spiro atoms. The summed E-state index contributed by atoms with van der Waals surface area (Å²) in [5.74, 6) is 0.769. The van der Waals surface area contributed by atoms with Crippen LogP contribution >= 0.6 is 15.9 Å². The van der Waals surface area contributed by atoms with Crippen LogP contribution in [-0.4, -0.2) is 32.4 Å². The van der Waals surface area contributed by atoms with Crippen LogP contribution in [0.15, 0.2) is 64.2 Å². The second-order valence-electron chi connectivity index (χ2n) is 5.59. The molecule has 0 unspecified atom stereocenters. The molecule has 27 heavy (non-hydrogen) atoms. The van der Waals surface area contributed by atoms with Gasteiger partial charge in [-0.15, -0.1) is 0 Å². The van der Waals surface area contributed by atoms with Crippen molar-refractivity contribution in [2.24, 2.45) is 0 Å². The van der Waals surface area contributed by atoms with Crippen LogP contribution in [0, 0.1) is 0 Å². The van der Waals surface area contributed by atoms with Gasteiger partial charge in [0.2, 0.25) is 10.0 Å². The van der Waals surface area contributed by atoms with E-state index in [9.17, 15) is 8.42 Å². The number of para-hydroxylation sites is 1. The number of benzene rings is 2. The van der Waals surface area contributed by atoms with Crippen molar-refractivity contribution >= 4 is 26.0 Å². The first-order valence-corrected chi connectivity index (χ1v) is 10.2. The van der Waals surface area contributed by atoms with Crippen LogP contribution in [0.3, 0.4) is 0 Å². The Morgan fingerprint density at radius 3 is 2.44 bits per heavy atom. The van der Waals surface area contributed by atoms with E-state index in [1.165, 1.54) is 20.3 Å². The lowest BCUT2D eigenvalue weighted by Crippen LogP contribution is -2.23. The van der Waals surface area contributed by atoms with Crippen molar-refractivity contribution in [1.29, 1.82) is 0 Å². The Labute approximate surface area is 166 Å². The largest absolute Gasteiger partial charge is 0.493 e. The molecule has 0 aliphatic heterocycles. The van der Waals surface area contributed by atoms with E-state index in [0.717, 1.165) is 11.3 Å². The fraction of sp³-hybridized carbons (Fsp3) is 0.167. The molecule has 0 aliphatic carbocycles. The number of hydrogen-bond acceptors (Lipinski definition) is 5. The minimum absolute atomic E-state index is 0.0654. The smallest absolute Gasteiger partial charge is 0.242 e. The Kier molecular flexibility index (Phi) is 5.83. The third-order valence-corrected chi connectivity index (χ3v) is 6.21. The quantitative estimate of drug-likeness (QED) is 0.596. The molecule has 0 aliphatic rings. The summed E-state index contributed by atoms with van der Waals surface area (Å²) in [6, 6.07) is 12.5. The number of nitrogens with one attached hydrogen (secondary N) is 1. The molecule has 9 heteroatoms. The lowest BCUT2D eigenvalue weighted by Gasteiger charge is -2.12. The van der Waals surface area contributed by atoms with Gasteiger partial charge in [-0.1, -0.05) is 18.2 Å². The summed E-state index contributed by atoms with van der Waals surface area (Å²) in [4.78, 5) is 0.0654. The summed E-state index contributed by atoms with van der Waals surface area (Å²) in [5, 5.41) is 4.26. The molecule has 0 radical (unpaired) electrons. The highest BCUT2D eigenvalue weighted by molar-refractivity contribution is 9.10. The molecule has 1 heterocycles. The maximum atomic E-state index is 12.7. The predicted octanol–water partition coefficient (Wildman–Crippen LogP) is 3.13. The van der Waals surface area contributed by atoms with Gasteiger partial charge in [-0.05, 0) is 34.1 Å². The zero-order chi connectivity index (χ0) is 19.4. The molecule has 1 aromatic heterocycles. The summed E-state index contributed by atoms with van der Waals surface area (Å²) < 4.78 is 40.4. The van der Waals surface area contributed by atoms with Crippen molar-refractivity contribution in [3.63, 3.8) is 0 Å².